The number of nitrogens with zero attached hydrogens (tertiary/aromatic N) is 3. The van der Waals surface area contributed by atoms with Crippen molar-refractivity contribution in [2.75, 3.05) is 20.1 Å². The van der Waals surface area contributed by atoms with Gasteiger partial charge >= 0.3 is 0 Å². The normalized spacial score (nSPS) is 30.4. The molecule has 1 heterocycles. The molecule has 0 aromatic heterocycles. The molecule has 1 aromatic carbocycles. The van der Waals surface area contributed by atoms with Crippen molar-refractivity contribution in [3.63, 3.8) is 0 Å². The third-order valence-corrected chi connectivity index (χ3v) is 4.55. The van der Waals surface area contributed by atoms with E-state index in [1.54, 1.807) is 36.2 Å². The molecule has 0 N–H and O–H groups in total. The second-order valence-corrected chi connectivity index (χ2v) is 6.31. The molecular formula is C15H17N3O5. The van der Waals surface area contributed by atoms with Gasteiger partial charge in [-0.25, -0.2) is 0 Å². The topological polar surface area (TPSA) is 98.8 Å². The second kappa shape index (κ2) is 5.31. The lowest BCUT2D eigenvalue weighted by Crippen LogP contribution is -2.67. The van der Waals surface area contributed by atoms with Crippen molar-refractivity contribution in [1.29, 1.82) is 0 Å². The molecule has 0 unspecified atom stereocenters. The van der Waals surface area contributed by atoms with Crippen molar-refractivity contribution in [2.24, 2.45) is 0 Å². The van der Waals surface area contributed by atoms with Crippen LogP contribution < -0.4 is 4.74 Å². The van der Waals surface area contributed by atoms with E-state index in [9.17, 15) is 20.2 Å². The lowest BCUT2D eigenvalue weighted by molar-refractivity contribution is -0.623. The predicted molar refractivity (Wildman–Crippen MR) is 81.3 cm³/mol. The van der Waals surface area contributed by atoms with E-state index in [-0.39, 0.29) is 36.6 Å². The maximum Gasteiger partial charge on any atom is 0.297 e. The Bertz CT molecular complexity index is 677. The lowest BCUT2D eigenvalue weighted by Gasteiger charge is -2.44. The number of hydrogen-bond acceptors (Lipinski definition) is 6. The first-order valence-corrected chi connectivity index (χ1v) is 7.29. The minimum Gasteiger partial charge on any atom is -0.454 e. The van der Waals surface area contributed by atoms with E-state index in [0.29, 0.717) is 5.75 Å². The van der Waals surface area contributed by atoms with Crippen molar-refractivity contribution in [1.82, 2.24) is 4.90 Å². The minimum atomic E-state index is -1.59. The molecule has 3 rings (SSSR count). The third kappa shape index (κ3) is 2.44. The van der Waals surface area contributed by atoms with Gasteiger partial charge in [-0.1, -0.05) is 18.2 Å². The van der Waals surface area contributed by atoms with Crippen LogP contribution in [-0.4, -0.2) is 46.0 Å². The quantitative estimate of drug-likeness (QED) is 0.619. The zero-order valence-corrected chi connectivity index (χ0v) is 12.7. The van der Waals surface area contributed by atoms with Crippen LogP contribution in [0.2, 0.25) is 0 Å². The van der Waals surface area contributed by atoms with Gasteiger partial charge in [0.05, 0.1) is 19.5 Å². The van der Waals surface area contributed by atoms with Gasteiger partial charge in [0.1, 0.15) is 5.75 Å². The van der Waals surface area contributed by atoms with Crippen molar-refractivity contribution in [3.8, 4) is 5.75 Å². The summed E-state index contributed by atoms with van der Waals surface area (Å²) in [5.41, 5.74) is -2.92. The molecule has 1 saturated heterocycles. The molecule has 1 aliphatic heterocycles. The Morgan fingerprint density at radius 2 is 1.83 bits per heavy atom. The van der Waals surface area contributed by atoms with Gasteiger partial charge in [-0.05, 0) is 25.3 Å². The number of likely N-dealkylation sites (N-methyl/N-ethyl adjacent to an activating group) is 1. The average molecular weight is 319 g/mol. The van der Waals surface area contributed by atoms with Gasteiger partial charge in [0, 0.05) is 16.3 Å². The highest BCUT2D eigenvalue weighted by Crippen LogP contribution is 2.44. The van der Waals surface area contributed by atoms with Crippen LogP contribution in [0.3, 0.4) is 0 Å². The van der Waals surface area contributed by atoms with Gasteiger partial charge in [-0.3, -0.25) is 25.1 Å². The number of fused-ring (bicyclic) bond motifs is 2. The average Bonchev–Trinajstić information content (AvgIpc) is 2.50. The minimum absolute atomic E-state index is 0.0915. The maximum atomic E-state index is 11.8. The number of likely N-dealkylation sites (tertiary alicyclic amines) is 1. The number of para-hydroxylation sites is 1. The summed E-state index contributed by atoms with van der Waals surface area (Å²) in [4.78, 5) is 24.2. The standard InChI is InChI=1S/C15H17N3O5/c1-16-10-14(17(19)20)8-7-13(15(9-14,11-16)18(21)22)23-12-5-3-2-4-6-12/h2-7H,8-11H2,1H3/t14-,15-/m1/s1. The van der Waals surface area contributed by atoms with Gasteiger partial charge in [-0.15, -0.1) is 0 Å². The number of rotatable bonds is 4. The first-order chi connectivity index (χ1) is 10.9. The molecule has 0 spiro atoms. The molecule has 0 radical (unpaired) electrons. The zero-order valence-electron chi connectivity index (χ0n) is 12.7. The summed E-state index contributed by atoms with van der Waals surface area (Å²) < 4.78 is 5.75. The van der Waals surface area contributed by atoms with E-state index in [1.165, 1.54) is 6.08 Å². The Morgan fingerprint density at radius 3 is 2.43 bits per heavy atom. The van der Waals surface area contributed by atoms with Crippen LogP contribution in [0, 0.1) is 20.2 Å². The van der Waals surface area contributed by atoms with Crippen LogP contribution in [0.15, 0.2) is 42.2 Å². The molecule has 2 atom stereocenters. The molecule has 2 bridgehead atoms. The van der Waals surface area contributed by atoms with E-state index in [2.05, 4.69) is 0 Å². The van der Waals surface area contributed by atoms with Crippen LogP contribution in [0.4, 0.5) is 0 Å². The SMILES string of the molecule is CN1C[C@@]2([N+](=O)[O-])CC=C(Oc3ccccc3)[C@]([N+](=O)[O-])(C1)C2. The Hall–Kier alpha value is -2.48. The predicted octanol–water partition coefficient (Wildman–Crippen LogP) is 1.72. The fourth-order valence-corrected chi connectivity index (χ4v) is 3.60. The number of ether oxygens (including phenoxy) is 1. The number of piperidine rings is 1. The largest absolute Gasteiger partial charge is 0.454 e. The first-order valence-electron chi connectivity index (χ1n) is 7.29. The molecule has 1 aromatic rings. The first kappa shape index (κ1) is 15.4. The maximum absolute atomic E-state index is 11.8. The van der Waals surface area contributed by atoms with E-state index < -0.39 is 16.0 Å². The van der Waals surface area contributed by atoms with Crippen molar-refractivity contribution >= 4 is 0 Å². The lowest BCUT2D eigenvalue weighted by atomic mass is 9.71. The van der Waals surface area contributed by atoms with Crippen molar-refractivity contribution in [3.05, 3.63) is 62.4 Å². The summed E-state index contributed by atoms with van der Waals surface area (Å²) in [6, 6.07) is 8.77. The van der Waals surface area contributed by atoms with E-state index >= 15 is 0 Å². The van der Waals surface area contributed by atoms with Crippen molar-refractivity contribution < 1.29 is 14.6 Å². The van der Waals surface area contributed by atoms with Crippen LogP contribution >= 0.6 is 0 Å². The van der Waals surface area contributed by atoms with Crippen LogP contribution in [-0.2, 0) is 0 Å². The van der Waals surface area contributed by atoms with Crippen LogP contribution in [0.1, 0.15) is 12.8 Å². The molecule has 122 valence electrons. The summed E-state index contributed by atoms with van der Waals surface area (Å²) in [5, 5.41) is 23.4. The smallest absolute Gasteiger partial charge is 0.297 e. The van der Waals surface area contributed by atoms with Crippen LogP contribution in [0.5, 0.6) is 5.75 Å². The molecule has 1 aliphatic carbocycles. The third-order valence-electron chi connectivity index (χ3n) is 4.55. The highest BCUT2D eigenvalue weighted by Gasteiger charge is 2.66. The van der Waals surface area contributed by atoms with Crippen molar-refractivity contribution in [2.45, 2.75) is 23.9 Å². The fourth-order valence-electron chi connectivity index (χ4n) is 3.60. The van der Waals surface area contributed by atoms with Crippen LogP contribution in [0.25, 0.3) is 0 Å². The number of hydrogen-bond donors (Lipinski definition) is 0. The van der Waals surface area contributed by atoms with Gasteiger partial charge in [0.2, 0.25) is 5.54 Å². The molecule has 8 heteroatoms. The van der Waals surface area contributed by atoms with Gasteiger partial charge in [0.25, 0.3) is 5.54 Å². The molecular weight excluding hydrogens is 302 g/mol. The summed E-state index contributed by atoms with van der Waals surface area (Å²) in [7, 11) is 1.67. The summed E-state index contributed by atoms with van der Waals surface area (Å²) in [6.45, 7) is 0.291. The molecule has 0 saturated carbocycles. The Balaban J connectivity index is 2.04. The highest BCUT2D eigenvalue weighted by atomic mass is 16.6. The van der Waals surface area contributed by atoms with Gasteiger partial charge in [0.15, 0.2) is 5.76 Å². The highest BCUT2D eigenvalue weighted by molar-refractivity contribution is 5.29. The molecule has 23 heavy (non-hydrogen) atoms. The van der Waals surface area contributed by atoms with Gasteiger partial charge in [-0.2, -0.15) is 0 Å². The Kier molecular flexibility index (Phi) is 3.56. The summed E-state index contributed by atoms with van der Waals surface area (Å²) >= 11 is 0. The molecule has 2 aliphatic rings. The number of benzene rings is 1. The number of nitro groups is 2. The fraction of sp³-hybridized carbons (Fsp3) is 0.467. The summed E-state index contributed by atoms with van der Waals surface area (Å²) in [6.07, 6.45) is 1.50. The van der Waals surface area contributed by atoms with E-state index in [4.69, 9.17) is 4.74 Å². The van der Waals surface area contributed by atoms with E-state index in [1.807, 2.05) is 6.07 Å². The summed E-state index contributed by atoms with van der Waals surface area (Å²) in [5.74, 6) is 0.680. The molecule has 0 amide bonds. The van der Waals surface area contributed by atoms with Gasteiger partial charge < -0.3 is 4.74 Å². The van der Waals surface area contributed by atoms with E-state index in [0.717, 1.165) is 0 Å². The Morgan fingerprint density at radius 1 is 1.13 bits per heavy atom. The molecule has 8 nitrogen and oxygen atoms in total. The zero-order chi connectivity index (χ0) is 16.7. The molecule has 1 fully saturated rings. The Labute approximate surface area is 132 Å². The monoisotopic (exact) mass is 319 g/mol. The second-order valence-electron chi connectivity index (χ2n) is 6.31.